The molecule has 45 heavy (non-hydrogen) atoms. The van der Waals surface area contributed by atoms with Crippen molar-refractivity contribution >= 4 is 30.3 Å². The van der Waals surface area contributed by atoms with Crippen molar-refractivity contribution in [1.29, 1.82) is 0 Å². The van der Waals surface area contributed by atoms with Crippen molar-refractivity contribution in [3.05, 3.63) is 58.0 Å². The van der Waals surface area contributed by atoms with Crippen LogP contribution in [-0.2, 0) is 4.79 Å². The van der Waals surface area contributed by atoms with Gasteiger partial charge in [0.1, 0.15) is 0 Å². The number of rotatable bonds is 22. The molecule has 1 unspecified atom stereocenters. The molecular formula is C38H60N2O4Sn. The number of hydrogen-bond donors (Lipinski definition) is 1. The van der Waals surface area contributed by atoms with E-state index in [2.05, 4.69) is 41.2 Å². The zero-order chi connectivity index (χ0) is 32.2. The topological polar surface area (TPSA) is 81.4 Å². The van der Waals surface area contributed by atoms with Crippen LogP contribution in [0.5, 0.6) is 6.08 Å². The second kappa shape index (κ2) is 21.7. The van der Waals surface area contributed by atoms with Gasteiger partial charge in [0.25, 0.3) is 0 Å². The fourth-order valence-electron chi connectivity index (χ4n) is 6.81. The number of benzene rings is 1. The molecule has 1 aliphatic carbocycles. The Morgan fingerprint density at radius 3 is 2.27 bits per heavy atom. The molecule has 2 aromatic rings. The van der Waals surface area contributed by atoms with Gasteiger partial charge in [-0.05, 0) is 12.3 Å². The van der Waals surface area contributed by atoms with Gasteiger partial charge >= 0.3 is 215 Å². The molecule has 1 heterocycles. The summed E-state index contributed by atoms with van der Waals surface area (Å²) < 4.78 is 18.0. The van der Waals surface area contributed by atoms with Crippen LogP contribution < -0.4 is 10.1 Å². The molecule has 1 aromatic carbocycles. The van der Waals surface area contributed by atoms with Gasteiger partial charge < -0.3 is 0 Å². The molecule has 6 nitrogen and oxygen atoms in total. The van der Waals surface area contributed by atoms with Gasteiger partial charge in [-0.25, -0.2) is 0 Å². The first kappa shape index (κ1) is 37.4. The van der Waals surface area contributed by atoms with E-state index in [4.69, 9.17) is 9.15 Å². The number of amides is 1. The van der Waals surface area contributed by atoms with Crippen LogP contribution >= 0.6 is 0 Å². The van der Waals surface area contributed by atoms with Crippen LogP contribution in [0.15, 0.2) is 51.2 Å². The Labute approximate surface area is 277 Å². The van der Waals surface area contributed by atoms with Gasteiger partial charge in [-0.1, -0.05) is 44.9 Å². The van der Waals surface area contributed by atoms with Crippen LogP contribution in [0, 0.1) is 5.92 Å². The molecule has 1 N–H and O–H groups in total. The molecule has 3 rings (SSSR count). The predicted molar refractivity (Wildman–Crippen MR) is 187 cm³/mol. The second-order valence-corrected chi connectivity index (χ2v) is 26.3. The third kappa shape index (κ3) is 13.7. The number of allylic oxidation sites excluding steroid dienone is 1. The number of esters is 1. The number of aromatic nitrogens is 1. The van der Waals surface area contributed by atoms with Crippen molar-refractivity contribution in [1.82, 2.24) is 10.3 Å². The van der Waals surface area contributed by atoms with E-state index in [0.29, 0.717) is 13.0 Å². The SMILES string of the molecule is CCC[CH2][Sn]([CH]=CCCC(C(=O)Oc1nc(C(=O)NCCCCC2CCCCC2)co1)c1ccccc1)([CH2]CCC)[CH2]CCC. The Bertz CT molecular complexity index is 1100. The number of oxazole rings is 1. The minimum absolute atomic E-state index is 0.138. The normalized spacial score (nSPS) is 14.9. The van der Waals surface area contributed by atoms with E-state index in [1.807, 2.05) is 30.3 Å². The number of hydrogen-bond acceptors (Lipinski definition) is 5. The van der Waals surface area contributed by atoms with E-state index < -0.39 is 30.3 Å². The third-order valence-corrected chi connectivity index (χ3v) is 23.9. The van der Waals surface area contributed by atoms with Crippen LogP contribution in [0.4, 0.5) is 0 Å². The van der Waals surface area contributed by atoms with Gasteiger partial charge in [-0.2, -0.15) is 0 Å². The Balaban J connectivity index is 1.56. The van der Waals surface area contributed by atoms with E-state index >= 15 is 0 Å². The summed E-state index contributed by atoms with van der Waals surface area (Å²) in [5.74, 6) is -0.274. The molecular weight excluding hydrogens is 667 g/mol. The molecule has 0 aliphatic heterocycles. The number of nitrogens with one attached hydrogen (secondary N) is 1. The second-order valence-electron chi connectivity index (χ2n) is 13.3. The van der Waals surface area contributed by atoms with Crippen LogP contribution in [0.25, 0.3) is 0 Å². The summed E-state index contributed by atoms with van der Waals surface area (Å²) in [5.41, 5.74) is 1.06. The maximum atomic E-state index is 13.4. The van der Waals surface area contributed by atoms with Crippen LogP contribution in [-0.4, -0.2) is 41.8 Å². The van der Waals surface area contributed by atoms with Crippen molar-refractivity contribution in [2.24, 2.45) is 5.92 Å². The summed E-state index contributed by atoms with van der Waals surface area (Å²) in [4.78, 5) is 30.3. The number of unbranched alkanes of at least 4 members (excludes halogenated alkanes) is 4. The maximum absolute atomic E-state index is 13.4. The fraction of sp³-hybridized carbons (Fsp3) is 0.658. The van der Waals surface area contributed by atoms with E-state index in [1.165, 1.54) is 96.6 Å². The van der Waals surface area contributed by atoms with Gasteiger partial charge in [0.2, 0.25) is 0 Å². The average molecular weight is 728 g/mol. The van der Waals surface area contributed by atoms with Crippen LogP contribution in [0.3, 0.4) is 0 Å². The average Bonchev–Trinajstić information content (AvgIpc) is 3.54. The monoisotopic (exact) mass is 728 g/mol. The van der Waals surface area contributed by atoms with Crippen molar-refractivity contribution in [3.8, 4) is 6.08 Å². The molecule has 1 atom stereocenters. The van der Waals surface area contributed by atoms with Gasteiger partial charge in [0.05, 0.1) is 0 Å². The molecule has 1 saturated carbocycles. The summed E-state index contributed by atoms with van der Waals surface area (Å²) in [6.45, 7) is 7.52. The Hall–Kier alpha value is -2.09. The number of nitrogens with zero attached hydrogens (tertiary/aromatic N) is 1. The summed E-state index contributed by atoms with van der Waals surface area (Å²) in [6, 6.07) is 9.82. The molecule has 1 aromatic heterocycles. The van der Waals surface area contributed by atoms with Gasteiger partial charge in [-0.15, -0.1) is 0 Å². The number of carbonyl (C=O) groups is 2. The quantitative estimate of drug-likeness (QED) is 0.0742. The Morgan fingerprint density at radius 1 is 0.956 bits per heavy atom. The first-order chi connectivity index (χ1) is 22.0. The Kier molecular flexibility index (Phi) is 18.0. The van der Waals surface area contributed by atoms with Crippen LogP contribution in [0.1, 0.15) is 145 Å². The van der Waals surface area contributed by atoms with E-state index in [9.17, 15) is 9.59 Å². The van der Waals surface area contributed by atoms with E-state index in [1.54, 1.807) is 0 Å². The fourth-order valence-corrected chi connectivity index (χ4v) is 21.3. The third-order valence-electron chi connectivity index (χ3n) is 9.62. The molecule has 0 saturated heterocycles. The zero-order valence-corrected chi connectivity index (χ0v) is 31.3. The molecule has 0 radical (unpaired) electrons. The van der Waals surface area contributed by atoms with Crippen molar-refractivity contribution in [3.63, 3.8) is 0 Å². The van der Waals surface area contributed by atoms with E-state index in [-0.39, 0.29) is 17.7 Å². The first-order valence-electron chi connectivity index (χ1n) is 18.2. The summed E-state index contributed by atoms with van der Waals surface area (Å²) in [7, 11) is 0. The summed E-state index contributed by atoms with van der Waals surface area (Å²) in [6.07, 6.45) is 22.9. The minimum atomic E-state index is -2.38. The number of ether oxygens (including phenoxy) is 1. The van der Waals surface area contributed by atoms with Gasteiger partial charge in [0.15, 0.2) is 0 Å². The van der Waals surface area contributed by atoms with Crippen molar-refractivity contribution in [2.45, 2.75) is 143 Å². The first-order valence-corrected chi connectivity index (χ1v) is 25.9. The summed E-state index contributed by atoms with van der Waals surface area (Å²) in [5, 5.41) is 2.93. The molecule has 1 aliphatic rings. The zero-order valence-electron chi connectivity index (χ0n) is 28.5. The van der Waals surface area contributed by atoms with Gasteiger partial charge in [0, 0.05) is 6.54 Å². The number of carbonyl (C=O) groups excluding carboxylic acids is 2. The molecule has 250 valence electrons. The standard InChI is InChI=1S/C26H33N2O4.3C4H9.Sn/c1-2-3-17-22(21-15-8-5-9-16-21)25(30)32-26-28-23(19-31-26)24(29)27-18-11-10-14-20-12-6-4-7-13-20;3*1-3-4-2;/h1-2,5,8-9,15-16,19-20,22H,3-4,6-7,10-14,17-18H2,(H,27,29);3*1,3-4H2,2H3;. The molecule has 1 fully saturated rings. The van der Waals surface area contributed by atoms with Crippen molar-refractivity contribution < 1.29 is 18.7 Å². The van der Waals surface area contributed by atoms with Crippen molar-refractivity contribution in [2.75, 3.05) is 6.54 Å². The molecule has 0 spiro atoms. The molecule has 0 bridgehead atoms. The van der Waals surface area contributed by atoms with Gasteiger partial charge in [-0.3, -0.25) is 0 Å². The van der Waals surface area contributed by atoms with E-state index in [0.717, 1.165) is 30.7 Å². The predicted octanol–water partition coefficient (Wildman–Crippen LogP) is 10.6. The Morgan fingerprint density at radius 2 is 1.62 bits per heavy atom. The molecule has 1 amide bonds. The molecule has 7 heteroatoms. The van der Waals surface area contributed by atoms with Crippen LogP contribution in [0.2, 0.25) is 13.3 Å². The summed E-state index contributed by atoms with van der Waals surface area (Å²) >= 11 is -2.38.